The average Bonchev–Trinajstić information content (AvgIpc) is 2.97. The first-order valence-electron chi connectivity index (χ1n) is 7.63. The van der Waals surface area contributed by atoms with E-state index < -0.39 is 5.54 Å². The molecule has 0 aliphatic carbocycles. The zero-order valence-corrected chi connectivity index (χ0v) is 13.1. The van der Waals surface area contributed by atoms with Gasteiger partial charge < -0.3 is 21.3 Å². The lowest BCUT2D eigenvalue weighted by Gasteiger charge is -2.26. The maximum absolute atomic E-state index is 12.5. The van der Waals surface area contributed by atoms with Crippen LogP contribution < -0.4 is 16.4 Å². The van der Waals surface area contributed by atoms with Gasteiger partial charge in [0.1, 0.15) is 5.54 Å². The van der Waals surface area contributed by atoms with Crippen molar-refractivity contribution in [1.82, 2.24) is 15.5 Å². The van der Waals surface area contributed by atoms with Gasteiger partial charge in [-0.25, -0.2) is 4.79 Å². The van der Waals surface area contributed by atoms with Crippen molar-refractivity contribution in [1.29, 1.82) is 0 Å². The van der Waals surface area contributed by atoms with Crippen LogP contribution in [0.3, 0.4) is 0 Å². The zero-order valence-electron chi connectivity index (χ0n) is 13.1. The molecule has 3 amide bonds. The van der Waals surface area contributed by atoms with Crippen LogP contribution in [-0.2, 0) is 10.3 Å². The lowest BCUT2D eigenvalue weighted by atomic mass is 9.92. The van der Waals surface area contributed by atoms with Gasteiger partial charge >= 0.3 is 6.03 Å². The molecule has 2 unspecified atom stereocenters. The number of hydrogen-bond donors (Lipinski definition) is 3. The molecule has 120 valence electrons. The number of likely N-dealkylation sites (tertiary alicyclic amines) is 1. The summed E-state index contributed by atoms with van der Waals surface area (Å²) in [6.45, 7) is 5.34. The Morgan fingerprint density at radius 2 is 2.05 bits per heavy atom. The number of urea groups is 1. The Bertz CT molecular complexity index is 530. The molecular formula is C16H24N4O2. The standard InChI is InChI=1S/C16H24N4O2/c1-3-18-15(22)20-10-9-13(11-20)19-14(21)16(2,17)12-7-5-4-6-8-12/h4-8,13H,3,9-11,17H2,1-2H3,(H,18,22)(H,19,21). The summed E-state index contributed by atoms with van der Waals surface area (Å²) < 4.78 is 0. The third-order valence-corrected chi connectivity index (χ3v) is 3.98. The van der Waals surface area contributed by atoms with Crippen molar-refractivity contribution in [3.63, 3.8) is 0 Å². The highest BCUT2D eigenvalue weighted by molar-refractivity contribution is 5.87. The second kappa shape index (κ2) is 6.79. The molecule has 4 N–H and O–H groups in total. The maximum atomic E-state index is 12.5. The largest absolute Gasteiger partial charge is 0.350 e. The molecule has 0 radical (unpaired) electrons. The van der Waals surface area contributed by atoms with Crippen molar-refractivity contribution >= 4 is 11.9 Å². The molecule has 1 aliphatic heterocycles. The first-order chi connectivity index (χ1) is 10.4. The van der Waals surface area contributed by atoms with Gasteiger partial charge in [-0.15, -0.1) is 0 Å². The fourth-order valence-electron chi connectivity index (χ4n) is 2.58. The van der Waals surface area contributed by atoms with Crippen molar-refractivity contribution in [2.45, 2.75) is 31.8 Å². The molecule has 6 nitrogen and oxygen atoms in total. The van der Waals surface area contributed by atoms with Crippen molar-refractivity contribution in [2.75, 3.05) is 19.6 Å². The molecular weight excluding hydrogens is 280 g/mol. The topological polar surface area (TPSA) is 87.5 Å². The number of nitrogens with two attached hydrogens (primary N) is 1. The van der Waals surface area contributed by atoms with Gasteiger partial charge in [-0.3, -0.25) is 4.79 Å². The molecule has 0 bridgehead atoms. The van der Waals surface area contributed by atoms with Gasteiger partial charge in [-0.2, -0.15) is 0 Å². The van der Waals surface area contributed by atoms with Gasteiger partial charge in [0.05, 0.1) is 0 Å². The summed E-state index contributed by atoms with van der Waals surface area (Å²) >= 11 is 0. The Balaban J connectivity index is 1.94. The van der Waals surface area contributed by atoms with E-state index in [4.69, 9.17) is 5.73 Å². The van der Waals surface area contributed by atoms with Gasteiger partial charge in [0, 0.05) is 25.7 Å². The fraction of sp³-hybridized carbons (Fsp3) is 0.500. The lowest BCUT2D eigenvalue weighted by Crippen LogP contribution is -2.52. The maximum Gasteiger partial charge on any atom is 0.317 e. The third kappa shape index (κ3) is 3.57. The van der Waals surface area contributed by atoms with E-state index in [1.165, 1.54) is 0 Å². The minimum absolute atomic E-state index is 0.0540. The summed E-state index contributed by atoms with van der Waals surface area (Å²) in [5.74, 6) is -0.221. The summed E-state index contributed by atoms with van der Waals surface area (Å²) in [6, 6.07) is 9.16. The van der Waals surface area contributed by atoms with Gasteiger partial charge in [0.25, 0.3) is 0 Å². The van der Waals surface area contributed by atoms with Crippen molar-refractivity contribution < 1.29 is 9.59 Å². The molecule has 22 heavy (non-hydrogen) atoms. The molecule has 1 aromatic rings. The van der Waals surface area contributed by atoms with E-state index in [1.54, 1.807) is 11.8 Å². The first kappa shape index (κ1) is 16.3. The zero-order chi connectivity index (χ0) is 16.2. The Labute approximate surface area is 131 Å². The second-order valence-corrected chi connectivity index (χ2v) is 5.81. The highest BCUT2D eigenvalue weighted by atomic mass is 16.2. The highest BCUT2D eigenvalue weighted by Gasteiger charge is 2.34. The number of carbonyl (C=O) groups excluding carboxylic acids is 2. The van der Waals surface area contributed by atoms with Crippen LogP contribution in [0.4, 0.5) is 4.79 Å². The summed E-state index contributed by atoms with van der Waals surface area (Å²) in [7, 11) is 0. The molecule has 1 heterocycles. The SMILES string of the molecule is CCNC(=O)N1CCC(NC(=O)C(C)(N)c2ccccc2)C1. The van der Waals surface area contributed by atoms with E-state index in [0.717, 1.165) is 12.0 Å². The lowest BCUT2D eigenvalue weighted by molar-refractivity contribution is -0.126. The summed E-state index contributed by atoms with van der Waals surface area (Å²) in [6.07, 6.45) is 0.744. The smallest absolute Gasteiger partial charge is 0.317 e. The molecule has 0 spiro atoms. The summed E-state index contributed by atoms with van der Waals surface area (Å²) in [4.78, 5) is 26.0. The normalized spacial score (nSPS) is 20.3. The minimum Gasteiger partial charge on any atom is -0.350 e. The first-order valence-corrected chi connectivity index (χ1v) is 7.63. The Morgan fingerprint density at radius 1 is 1.36 bits per heavy atom. The average molecular weight is 304 g/mol. The molecule has 2 rings (SSSR count). The van der Waals surface area contributed by atoms with Crippen LogP contribution in [0.2, 0.25) is 0 Å². The van der Waals surface area contributed by atoms with Crippen LogP contribution in [0.1, 0.15) is 25.8 Å². The Morgan fingerprint density at radius 3 is 2.68 bits per heavy atom. The quantitative estimate of drug-likeness (QED) is 0.768. The van der Waals surface area contributed by atoms with Crippen LogP contribution in [-0.4, -0.2) is 42.5 Å². The van der Waals surface area contributed by atoms with Crippen LogP contribution in [0, 0.1) is 0 Å². The van der Waals surface area contributed by atoms with E-state index in [2.05, 4.69) is 10.6 Å². The van der Waals surface area contributed by atoms with Crippen molar-refractivity contribution in [3.05, 3.63) is 35.9 Å². The molecule has 1 aliphatic rings. The number of hydrogen-bond acceptors (Lipinski definition) is 3. The van der Waals surface area contributed by atoms with Crippen molar-refractivity contribution in [3.8, 4) is 0 Å². The van der Waals surface area contributed by atoms with Gasteiger partial charge in [-0.1, -0.05) is 30.3 Å². The molecule has 1 saturated heterocycles. The Kier molecular flexibility index (Phi) is 5.03. The molecule has 0 aromatic heterocycles. The van der Waals surface area contributed by atoms with Crippen LogP contribution in [0.5, 0.6) is 0 Å². The van der Waals surface area contributed by atoms with Crippen LogP contribution >= 0.6 is 0 Å². The van der Waals surface area contributed by atoms with E-state index in [9.17, 15) is 9.59 Å². The number of carbonyl (C=O) groups is 2. The van der Waals surface area contributed by atoms with E-state index in [0.29, 0.717) is 19.6 Å². The Hall–Kier alpha value is -2.08. The number of nitrogens with one attached hydrogen (secondary N) is 2. The molecule has 1 aromatic carbocycles. The van der Waals surface area contributed by atoms with Gasteiger partial charge in [0.15, 0.2) is 0 Å². The molecule has 6 heteroatoms. The van der Waals surface area contributed by atoms with E-state index in [-0.39, 0.29) is 18.0 Å². The fourth-order valence-corrected chi connectivity index (χ4v) is 2.58. The third-order valence-electron chi connectivity index (χ3n) is 3.98. The molecule has 1 fully saturated rings. The van der Waals surface area contributed by atoms with Crippen LogP contribution in [0.25, 0.3) is 0 Å². The molecule has 0 saturated carbocycles. The minimum atomic E-state index is -1.08. The van der Waals surface area contributed by atoms with Crippen molar-refractivity contribution in [2.24, 2.45) is 5.73 Å². The predicted octanol–water partition coefficient (Wildman–Crippen LogP) is 0.781. The highest BCUT2D eigenvalue weighted by Crippen LogP contribution is 2.19. The second-order valence-electron chi connectivity index (χ2n) is 5.81. The number of rotatable bonds is 4. The number of amides is 3. The van der Waals surface area contributed by atoms with E-state index in [1.807, 2.05) is 37.3 Å². The summed E-state index contributed by atoms with van der Waals surface area (Å²) in [5.41, 5.74) is 5.88. The summed E-state index contributed by atoms with van der Waals surface area (Å²) in [5, 5.41) is 5.73. The van der Waals surface area contributed by atoms with Gasteiger partial charge in [0.2, 0.25) is 5.91 Å². The molecule has 2 atom stereocenters. The van der Waals surface area contributed by atoms with Crippen LogP contribution in [0.15, 0.2) is 30.3 Å². The predicted molar refractivity (Wildman–Crippen MR) is 85.2 cm³/mol. The monoisotopic (exact) mass is 304 g/mol. The number of benzene rings is 1. The number of nitrogens with zero attached hydrogens (tertiary/aromatic N) is 1. The van der Waals surface area contributed by atoms with E-state index >= 15 is 0 Å². The van der Waals surface area contributed by atoms with Gasteiger partial charge in [-0.05, 0) is 25.8 Å².